The fourth-order valence-electron chi connectivity index (χ4n) is 1.87. The Kier molecular flexibility index (Phi) is 4.83. The molecule has 0 fully saturated rings. The van der Waals surface area contributed by atoms with Crippen molar-refractivity contribution in [1.82, 2.24) is 0 Å². The maximum Gasteiger partial charge on any atom is 0.341 e. The number of phenolic OH excluding ortho intramolecular Hbond substituents is 1. The Morgan fingerprint density at radius 1 is 1.04 bits per heavy atom. The third-order valence-electron chi connectivity index (χ3n) is 3.07. The lowest BCUT2D eigenvalue weighted by molar-refractivity contribution is 0.0597. The molecule has 0 spiro atoms. The highest BCUT2D eigenvalue weighted by atomic mass is 32.2. The van der Waals surface area contributed by atoms with E-state index in [0.717, 1.165) is 0 Å². The maximum atomic E-state index is 11.5. The number of hydrogen-bond donors (Lipinski definition) is 2. The molecule has 0 bridgehead atoms. The second-order valence-electron chi connectivity index (χ2n) is 4.65. The van der Waals surface area contributed by atoms with Crippen molar-refractivity contribution in [1.29, 1.82) is 0 Å². The smallest absolute Gasteiger partial charge is 0.341 e. The highest BCUT2D eigenvalue weighted by Gasteiger charge is 2.11. The highest BCUT2D eigenvalue weighted by Crippen LogP contribution is 2.21. The molecular weight excluding hydrogens is 320 g/mol. The third kappa shape index (κ3) is 4.18. The topological polar surface area (TPSA) is 101 Å². The summed E-state index contributed by atoms with van der Waals surface area (Å²) in [5.41, 5.74) is 1.41. The molecule has 0 atom stereocenters. The van der Waals surface area contributed by atoms with Crippen molar-refractivity contribution in [3.05, 3.63) is 59.2 Å². The quantitative estimate of drug-likeness (QED) is 0.506. The molecule has 0 saturated carbocycles. The predicted octanol–water partition coefficient (Wildman–Crippen LogP) is 2.60. The molecule has 0 saturated heterocycles. The summed E-state index contributed by atoms with van der Waals surface area (Å²) in [6.07, 6.45) is 3.38. The summed E-state index contributed by atoms with van der Waals surface area (Å²) in [6.45, 7) is 0. The first-order valence-electron chi connectivity index (χ1n) is 6.48. The van der Waals surface area contributed by atoms with Crippen LogP contribution in [0.25, 0.3) is 12.2 Å². The van der Waals surface area contributed by atoms with E-state index in [9.17, 15) is 18.3 Å². The van der Waals surface area contributed by atoms with Crippen LogP contribution in [0.4, 0.5) is 0 Å². The fourth-order valence-corrected chi connectivity index (χ4v) is 2.35. The molecule has 0 aromatic heterocycles. The van der Waals surface area contributed by atoms with Crippen molar-refractivity contribution < 1.29 is 27.6 Å². The van der Waals surface area contributed by atoms with Crippen LogP contribution < -0.4 is 0 Å². The van der Waals surface area contributed by atoms with Crippen LogP contribution in [0.5, 0.6) is 5.75 Å². The minimum Gasteiger partial charge on any atom is -0.507 e. The van der Waals surface area contributed by atoms with E-state index >= 15 is 0 Å². The van der Waals surface area contributed by atoms with Gasteiger partial charge in [0.15, 0.2) is 0 Å². The normalized spacial score (nSPS) is 11.6. The average molecular weight is 334 g/mol. The number of rotatable bonds is 4. The van der Waals surface area contributed by atoms with Gasteiger partial charge >= 0.3 is 5.97 Å². The van der Waals surface area contributed by atoms with E-state index < -0.39 is 16.1 Å². The van der Waals surface area contributed by atoms with Gasteiger partial charge < -0.3 is 9.84 Å². The van der Waals surface area contributed by atoms with Crippen LogP contribution >= 0.6 is 0 Å². The lowest BCUT2D eigenvalue weighted by Crippen LogP contribution is -2.01. The monoisotopic (exact) mass is 334 g/mol. The standard InChI is InChI=1S/C16H14O6S/c1-22-16(18)14-10-12(6-9-15(14)17)3-2-11-4-7-13(8-5-11)23(19,20)21/h2-10,17H,1H3,(H,19,20,21)/b3-2+. The Hall–Kier alpha value is -2.64. The molecule has 0 unspecified atom stereocenters. The van der Waals surface area contributed by atoms with Crippen molar-refractivity contribution in [2.45, 2.75) is 4.90 Å². The molecule has 2 rings (SSSR count). The molecular formula is C16H14O6S. The zero-order chi connectivity index (χ0) is 17.0. The van der Waals surface area contributed by atoms with Gasteiger partial charge in [0, 0.05) is 0 Å². The number of benzene rings is 2. The minimum absolute atomic E-state index is 0.0522. The molecule has 2 aromatic rings. The van der Waals surface area contributed by atoms with Crippen LogP contribution in [-0.4, -0.2) is 31.2 Å². The molecule has 0 amide bonds. The van der Waals surface area contributed by atoms with E-state index in [0.29, 0.717) is 11.1 Å². The lowest BCUT2D eigenvalue weighted by atomic mass is 10.1. The molecule has 6 nitrogen and oxygen atoms in total. The van der Waals surface area contributed by atoms with Gasteiger partial charge in [0.25, 0.3) is 10.1 Å². The number of methoxy groups -OCH3 is 1. The maximum absolute atomic E-state index is 11.5. The second kappa shape index (κ2) is 6.64. The van der Waals surface area contributed by atoms with Gasteiger partial charge in [-0.05, 0) is 35.4 Å². The van der Waals surface area contributed by atoms with E-state index in [2.05, 4.69) is 4.74 Å². The molecule has 23 heavy (non-hydrogen) atoms. The Bertz CT molecular complexity index is 851. The van der Waals surface area contributed by atoms with Gasteiger partial charge in [-0.25, -0.2) is 4.79 Å². The second-order valence-corrected chi connectivity index (χ2v) is 6.07. The van der Waals surface area contributed by atoms with Gasteiger partial charge in [0.1, 0.15) is 11.3 Å². The van der Waals surface area contributed by atoms with E-state index in [-0.39, 0.29) is 16.2 Å². The average Bonchev–Trinajstić information content (AvgIpc) is 2.53. The van der Waals surface area contributed by atoms with Crippen LogP contribution in [0.15, 0.2) is 47.4 Å². The molecule has 2 aromatic carbocycles. The molecule has 0 aliphatic carbocycles. The fraction of sp³-hybridized carbons (Fsp3) is 0.0625. The minimum atomic E-state index is -4.21. The molecule has 120 valence electrons. The number of phenols is 1. The van der Waals surface area contributed by atoms with Crippen LogP contribution in [0.1, 0.15) is 21.5 Å². The SMILES string of the molecule is COC(=O)c1cc(/C=C/c2ccc(S(=O)(=O)O)cc2)ccc1O. The Balaban J connectivity index is 2.25. The van der Waals surface area contributed by atoms with Crippen molar-refractivity contribution >= 4 is 28.2 Å². The first-order chi connectivity index (χ1) is 10.8. The highest BCUT2D eigenvalue weighted by molar-refractivity contribution is 7.85. The molecule has 7 heteroatoms. The largest absolute Gasteiger partial charge is 0.507 e. The number of esters is 1. The van der Waals surface area contributed by atoms with Gasteiger partial charge in [-0.1, -0.05) is 30.4 Å². The Labute approximate surface area is 133 Å². The van der Waals surface area contributed by atoms with E-state index in [1.54, 1.807) is 18.2 Å². The van der Waals surface area contributed by atoms with Crippen molar-refractivity contribution in [2.24, 2.45) is 0 Å². The predicted molar refractivity (Wildman–Crippen MR) is 84.6 cm³/mol. The summed E-state index contributed by atoms with van der Waals surface area (Å²) >= 11 is 0. The summed E-state index contributed by atoms with van der Waals surface area (Å²) in [4.78, 5) is 11.3. The zero-order valence-corrected chi connectivity index (χ0v) is 12.9. The molecule has 0 radical (unpaired) electrons. The summed E-state index contributed by atoms with van der Waals surface area (Å²) in [5.74, 6) is -0.818. The number of carbonyl (C=O) groups excluding carboxylic acids is 1. The Morgan fingerprint density at radius 3 is 2.17 bits per heavy atom. The van der Waals surface area contributed by atoms with E-state index in [1.807, 2.05) is 0 Å². The van der Waals surface area contributed by atoms with Crippen molar-refractivity contribution in [2.75, 3.05) is 7.11 Å². The number of ether oxygens (including phenoxy) is 1. The van der Waals surface area contributed by atoms with E-state index in [4.69, 9.17) is 4.55 Å². The van der Waals surface area contributed by atoms with Gasteiger partial charge in [0.05, 0.1) is 12.0 Å². The summed E-state index contributed by atoms with van der Waals surface area (Å²) in [7, 11) is -2.99. The molecule has 2 N–H and O–H groups in total. The molecule has 0 heterocycles. The summed E-state index contributed by atoms with van der Waals surface area (Å²) in [6, 6.07) is 10.1. The van der Waals surface area contributed by atoms with Gasteiger partial charge in [-0.2, -0.15) is 8.42 Å². The van der Waals surface area contributed by atoms with Gasteiger partial charge in [0.2, 0.25) is 0 Å². The van der Waals surface area contributed by atoms with Gasteiger partial charge in [-0.3, -0.25) is 4.55 Å². The van der Waals surface area contributed by atoms with Crippen LogP contribution in [-0.2, 0) is 14.9 Å². The van der Waals surface area contributed by atoms with Crippen molar-refractivity contribution in [3.63, 3.8) is 0 Å². The lowest BCUT2D eigenvalue weighted by Gasteiger charge is -2.03. The Morgan fingerprint density at radius 2 is 1.61 bits per heavy atom. The van der Waals surface area contributed by atoms with Crippen LogP contribution in [0.2, 0.25) is 0 Å². The molecule has 0 aliphatic heterocycles. The van der Waals surface area contributed by atoms with Crippen LogP contribution in [0.3, 0.4) is 0 Å². The summed E-state index contributed by atoms with van der Waals surface area (Å²) in [5, 5.41) is 9.62. The summed E-state index contributed by atoms with van der Waals surface area (Å²) < 4.78 is 35.4. The molecule has 0 aliphatic rings. The number of aromatic hydroxyl groups is 1. The van der Waals surface area contributed by atoms with E-state index in [1.165, 1.54) is 43.5 Å². The first-order valence-corrected chi connectivity index (χ1v) is 7.92. The van der Waals surface area contributed by atoms with Crippen LogP contribution in [0, 0.1) is 0 Å². The third-order valence-corrected chi connectivity index (χ3v) is 3.94. The first kappa shape index (κ1) is 16.7. The van der Waals surface area contributed by atoms with Crippen molar-refractivity contribution in [3.8, 4) is 5.75 Å². The number of carbonyl (C=O) groups is 1. The zero-order valence-electron chi connectivity index (χ0n) is 12.1. The van der Waals surface area contributed by atoms with Gasteiger partial charge in [-0.15, -0.1) is 0 Å². The number of hydrogen-bond acceptors (Lipinski definition) is 5.